The lowest BCUT2D eigenvalue weighted by atomic mass is 10.2. The number of aromatic nitrogens is 2. The SMILES string of the molecule is O=C(NC(=NCCCc1c[nH]cn1)NCCSc1ccc(Cl)cc1)c1ccccc1. The van der Waals surface area contributed by atoms with Gasteiger partial charge in [-0.3, -0.25) is 15.1 Å². The van der Waals surface area contributed by atoms with Gasteiger partial charge in [-0.1, -0.05) is 29.8 Å². The maximum atomic E-state index is 12.5. The molecule has 0 unspecified atom stereocenters. The van der Waals surface area contributed by atoms with Gasteiger partial charge >= 0.3 is 0 Å². The Balaban J connectivity index is 1.51. The van der Waals surface area contributed by atoms with Gasteiger partial charge in [0.1, 0.15) is 0 Å². The zero-order valence-electron chi connectivity index (χ0n) is 16.5. The van der Waals surface area contributed by atoms with Crippen molar-refractivity contribution >= 4 is 35.2 Å². The molecule has 0 aliphatic carbocycles. The van der Waals surface area contributed by atoms with E-state index < -0.39 is 0 Å². The Hall–Kier alpha value is -2.77. The van der Waals surface area contributed by atoms with Crippen molar-refractivity contribution in [2.45, 2.75) is 17.7 Å². The van der Waals surface area contributed by atoms with Crippen molar-refractivity contribution in [3.05, 3.63) is 83.4 Å². The van der Waals surface area contributed by atoms with Gasteiger partial charge in [-0.25, -0.2) is 4.98 Å². The lowest BCUT2D eigenvalue weighted by Crippen LogP contribution is -2.42. The van der Waals surface area contributed by atoms with E-state index in [0.29, 0.717) is 24.6 Å². The molecular weight excluding hydrogens is 418 g/mol. The summed E-state index contributed by atoms with van der Waals surface area (Å²) >= 11 is 7.64. The highest BCUT2D eigenvalue weighted by Crippen LogP contribution is 2.19. The van der Waals surface area contributed by atoms with E-state index in [2.05, 4.69) is 25.6 Å². The van der Waals surface area contributed by atoms with Crippen LogP contribution < -0.4 is 10.6 Å². The number of carbonyl (C=O) groups is 1. The Kier molecular flexibility index (Phi) is 8.80. The van der Waals surface area contributed by atoms with Gasteiger partial charge in [-0.2, -0.15) is 0 Å². The molecule has 0 radical (unpaired) electrons. The minimum atomic E-state index is -0.181. The van der Waals surface area contributed by atoms with Crippen molar-refractivity contribution in [2.75, 3.05) is 18.8 Å². The second-order valence-electron chi connectivity index (χ2n) is 6.44. The number of rotatable bonds is 9. The number of hydrogen-bond donors (Lipinski definition) is 3. The van der Waals surface area contributed by atoms with Gasteiger partial charge < -0.3 is 10.3 Å². The molecule has 0 saturated carbocycles. The molecule has 1 aromatic heterocycles. The highest BCUT2D eigenvalue weighted by atomic mass is 35.5. The molecule has 156 valence electrons. The van der Waals surface area contributed by atoms with Crippen LogP contribution in [0.25, 0.3) is 0 Å². The van der Waals surface area contributed by atoms with Crippen molar-refractivity contribution in [2.24, 2.45) is 4.99 Å². The van der Waals surface area contributed by atoms with Crippen LogP contribution in [0.4, 0.5) is 0 Å². The minimum Gasteiger partial charge on any atom is -0.355 e. The van der Waals surface area contributed by atoms with Gasteiger partial charge in [-0.05, 0) is 49.2 Å². The molecule has 6 nitrogen and oxygen atoms in total. The van der Waals surface area contributed by atoms with E-state index in [0.717, 1.165) is 34.2 Å². The number of amides is 1. The molecule has 0 aliphatic heterocycles. The number of nitrogens with one attached hydrogen (secondary N) is 3. The highest BCUT2D eigenvalue weighted by molar-refractivity contribution is 7.99. The van der Waals surface area contributed by atoms with E-state index in [-0.39, 0.29) is 5.91 Å². The second kappa shape index (κ2) is 12.0. The number of aliphatic imine (C=N–C) groups is 1. The summed E-state index contributed by atoms with van der Waals surface area (Å²) in [4.78, 5) is 25.4. The first kappa shape index (κ1) is 21.9. The van der Waals surface area contributed by atoms with E-state index in [1.165, 1.54) is 0 Å². The number of carbonyl (C=O) groups excluding carboxylic acids is 1. The number of imidazole rings is 1. The Morgan fingerprint density at radius 1 is 1.13 bits per heavy atom. The first-order chi connectivity index (χ1) is 14.7. The van der Waals surface area contributed by atoms with E-state index in [1.807, 2.05) is 48.7 Å². The fourth-order valence-corrected chi connectivity index (χ4v) is 3.55. The molecule has 1 heterocycles. The van der Waals surface area contributed by atoms with Gasteiger partial charge in [0.25, 0.3) is 5.91 Å². The Bertz CT molecular complexity index is 930. The number of thioether (sulfide) groups is 1. The van der Waals surface area contributed by atoms with Crippen LogP contribution in [0.15, 0.2) is 77.0 Å². The fraction of sp³-hybridized carbons (Fsp3) is 0.227. The Labute approximate surface area is 185 Å². The average molecular weight is 442 g/mol. The molecule has 30 heavy (non-hydrogen) atoms. The molecule has 0 spiro atoms. The number of hydrogen-bond acceptors (Lipinski definition) is 4. The smallest absolute Gasteiger partial charge is 0.257 e. The molecule has 0 atom stereocenters. The molecule has 2 aromatic carbocycles. The van der Waals surface area contributed by atoms with E-state index in [9.17, 15) is 4.79 Å². The number of aryl methyl sites for hydroxylation is 1. The van der Waals surface area contributed by atoms with E-state index in [4.69, 9.17) is 11.6 Å². The largest absolute Gasteiger partial charge is 0.355 e. The first-order valence-corrected chi connectivity index (χ1v) is 11.1. The zero-order valence-corrected chi connectivity index (χ0v) is 18.0. The minimum absolute atomic E-state index is 0.181. The van der Waals surface area contributed by atoms with E-state index >= 15 is 0 Å². The lowest BCUT2D eigenvalue weighted by molar-refractivity contribution is 0.0976. The summed E-state index contributed by atoms with van der Waals surface area (Å²) in [7, 11) is 0. The highest BCUT2D eigenvalue weighted by Gasteiger charge is 2.08. The molecule has 3 N–H and O–H groups in total. The van der Waals surface area contributed by atoms with Crippen molar-refractivity contribution < 1.29 is 4.79 Å². The standard InChI is InChI=1S/C22H24ClN5OS/c23-18-8-10-20(11-9-18)30-14-13-26-22(25-12-4-7-19-15-24-16-27-19)28-21(29)17-5-2-1-3-6-17/h1-3,5-6,8-11,15-16H,4,7,12-14H2,(H,24,27)(H2,25,26,28,29). The van der Waals surface area contributed by atoms with Gasteiger partial charge in [0.15, 0.2) is 5.96 Å². The molecule has 0 saturated heterocycles. The molecule has 3 rings (SSSR count). The topological polar surface area (TPSA) is 82.2 Å². The lowest BCUT2D eigenvalue weighted by Gasteiger charge is -2.12. The third-order valence-electron chi connectivity index (χ3n) is 4.16. The first-order valence-electron chi connectivity index (χ1n) is 9.71. The monoisotopic (exact) mass is 441 g/mol. The van der Waals surface area contributed by atoms with Crippen LogP contribution in [0.1, 0.15) is 22.5 Å². The Morgan fingerprint density at radius 2 is 1.93 bits per heavy atom. The van der Waals surface area contributed by atoms with E-state index in [1.54, 1.807) is 30.2 Å². The van der Waals surface area contributed by atoms with Crippen molar-refractivity contribution in [1.29, 1.82) is 0 Å². The summed E-state index contributed by atoms with van der Waals surface area (Å²) < 4.78 is 0. The van der Waals surface area contributed by atoms with Crippen molar-refractivity contribution in [3.63, 3.8) is 0 Å². The summed E-state index contributed by atoms with van der Waals surface area (Å²) in [5.74, 6) is 1.14. The summed E-state index contributed by atoms with van der Waals surface area (Å²) in [5, 5.41) is 6.86. The fourth-order valence-electron chi connectivity index (χ4n) is 2.66. The zero-order chi connectivity index (χ0) is 21.0. The van der Waals surface area contributed by atoms with Crippen LogP contribution in [0.5, 0.6) is 0 Å². The predicted octanol–water partition coefficient (Wildman–Crippen LogP) is 4.16. The van der Waals surface area contributed by atoms with Crippen LogP contribution in [0, 0.1) is 0 Å². The summed E-state index contributed by atoms with van der Waals surface area (Å²) in [6.07, 6.45) is 5.23. The van der Waals surface area contributed by atoms with Crippen LogP contribution >= 0.6 is 23.4 Å². The van der Waals surface area contributed by atoms with Crippen molar-refractivity contribution in [1.82, 2.24) is 20.6 Å². The van der Waals surface area contributed by atoms with Gasteiger partial charge in [-0.15, -0.1) is 11.8 Å². The third kappa shape index (κ3) is 7.57. The number of guanidine groups is 1. The Morgan fingerprint density at radius 3 is 2.67 bits per heavy atom. The summed E-state index contributed by atoms with van der Waals surface area (Å²) in [6.45, 7) is 1.26. The normalized spacial score (nSPS) is 11.3. The number of H-pyrrole nitrogens is 1. The van der Waals surface area contributed by atoms with Crippen LogP contribution in [0.3, 0.4) is 0 Å². The molecule has 0 bridgehead atoms. The maximum Gasteiger partial charge on any atom is 0.257 e. The quantitative estimate of drug-likeness (QED) is 0.201. The third-order valence-corrected chi connectivity index (χ3v) is 5.43. The molecule has 0 fully saturated rings. The molecule has 3 aromatic rings. The molecule has 1 amide bonds. The molecule has 0 aliphatic rings. The number of benzene rings is 2. The van der Waals surface area contributed by atoms with Crippen LogP contribution in [0.2, 0.25) is 5.02 Å². The summed E-state index contributed by atoms with van der Waals surface area (Å²) in [5.41, 5.74) is 1.60. The van der Waals surface area contributed by atoms with Gasteiger partial charge in [0, 0.05) is 40.5 Å². The average Bonchev–Trinajstić information content (AvgIpc) is 3.29. The maximum absolute atomic E-state index is 12.5. The summed E-state index contributed by atoms with van der Waals surface area (Å²) in [6, 6.07) is 16.9. The number of nitrogens with zero attached hydrogens (tertiary/aromatic N) is 2. The second-order valence-corrected chi connectivity index (χ2v) is 8.05. The number of aromatic amines is 1. The predicted molar refractivity (Wildman–Crippen MR) is 123 cm³/mol. The number of halogens is 1. The van der Waals surface area contributed by atoms with Crippen LogP contribution in [-0.4, -0.2) is 40.7 Å². The van der Waals surface area contributed by atoms with Crippen LogP contribution in [-0.2, 0) is 6.42 Å². The van der Waals surface area contributed by atoms with Crippen molar-refractivity contribution in [3.8, 4) is 0 Å². The molecule has 8 heteroatoms. The van der Waals surface area contributed by atoms with Gasteiger partial charge in [0.2, 0.25) is 0 Å². The van der Waals surface area contributed by atoms with Gasteiger partial charge in [0.05, 0.1) is 12.0 Å². The molecular formula is C22H24ClN5OS.